The highest BCUT2D eigenvalue weighted by Crippen LogP contribution is 2.34. The largest absolute Gasteiger partial charge is 0.497 e. The van der Waals surface area contributed by atoms with Crippen molar-refractivity contribution in [2.45, 2.75) is 26.3 Å². The monoisotopic (exact) mass is 493 g/mol. The van der Waals surface area contributed by atoms with Crippen molar-refractivity contribution in [3.8, 4) is 17.2 Å². The number of oxazole rings is 1. The average molecular weight is 494 g/mol. The zero-order valence-electron chi connectivity index (χ0n) is 20.1. The van der Waals surface area contributed by atoms with Crippen LogP contribution in [0.4, 0.5) is 5.69 Å². The van der Waals surface area contributed by atoms with Crippen molar-refractivity contribution in [3.05, 3.63) is 65.9 Å². The molecule has 0 radical (unpaired) electrons. The van der Waals surface area contributed by atoms with Gasteiger partial charge in [-0.2, -0.15) is 0 Å². The Morgan fingerprint density at radius 1 is 1.17 bits per heavy atom. The second-order valence-corrected chi connectivity index (χ2v) is 8.08. The number of fused-ring (bicyclic) bond motifs is 1. The minimum Gasteiger partial charge on any atom is -0.497 e. The summed E-state index contributed by atoms with van der Waals surface area (Å²) in [4.78, 5) is 43.3. The van der Waals surface area contributed by atoms with Crippen molar-refractivity contribution in [2.24, 2.45) is 0 Å². The molecule has 1 aromatic heterocycles. The first-order chi connectivity index (χ1) is 17.5. The Hall–Kier alpha value is -4.34. The van der Waals surface area contributed by atoms with Crippen molar-refractivity contribution in [2.75, 3.05) is 31.8 Å². The number of benzene rings is 2. The lowest BCUT2D eigenvalue weighted by Crippen LogP contribution is -2.38. The van der Waals surface area contributed by atoms with Crippen LogP contribution >= 0.6 is 0 Å². The van der Waals surface area contributed by atoms with Crippen LogP contribution in [0.3, 0.4) is 0 Å². The fraction of sp³-hybridized carbons (Fsp3) is 0.308. The lowest BCUT2D eigenvalue weighted by molar-refractivity contribution is -0.121. The number of nitrogens with one attached hydrogen (secondary N) is 1. The molecule has 2 amide bonds. The Morgan fingerprint density at radius 3 is 2.81 bits per heavy atom. The Labute approximate surface area is 208 Å². The van der Waals surface area contributed by atoms with E-state index in [2.05, 4.69) is 10.3 Å². The van der Waals surface area contributed by atoms with Crippen LogP contribution < -0.4 is 24.4 Å². The van der Waals surface area contributed by atoms with Gasteiger partial charge in [0.25, 0.3) is 11.8 Å². The lowest BCUT2D eigenvalue weighted by atomic mass is 10.1. The summed E-state index contributed by atoms with van der Waals surface area (Å²) in [6.45, 7) is 2.20. The summed E-state index contributed by atoms with van der Waals surface area (Å²) in [6.07, 6.45) is 3.08. The van der Waals surface area contributed by atoms with Gasteiger partial charge in [0, 0.05) is 18.2 Å². The third-order valence-electron chi connectivity index (χ3n) is 5.53. The summed E-state index contributed by atoms with van der Waals surface area (Å²) in [7, 11) is 1.55. The normalized spacial score (nSPS) is 12.5. The quantitative estimate of drug-likeness (QED) is 0.319. The highest BCUT2D eigenvalue weighted by Gasteiger charge is 2.28. The number of hydrogen-bond donors (Lipinski definition) is 1. The number of amides is 2. The molecule has 0 atom stereocenters. The van der Waals surface area contributed by atoms with Gasteiger partial charge in [-0.1, -0.05) is 19.4 Å². The Balaban J connectivity index is 1.46. The van der Waals surface area contributed by atoms with Crippen molar-refractivity contribution in [1.29, 1.82) is 0 Å². The van der Waals surface area contributed by atoms with Crippen LogP contribution in [-0.4, -0.2) is 49.4 Å². The summed E-state index contributed by atoms with van der Waals surface area (Å²) in [5.41, 5.74) is 0.898. The predicted octanol–water partition coefficient (Wildman–Crippen LogP) is 3.40. The number of ketones is 1. The van der Waals surface area contributed by atoms with Gasteiger partial charge in [-0.05, 0) is 36.8 Å². The molecular weight excluding hydrogens is 466 g/mol. The minimum absolute atomic E-state index is 0.0185. The molecule has 0 bridgehead atoms. The van der Waals surface area contributed by atoms with Gasteiger partial charge in [0.05, 0.1) is 12.8 Å². The average Bonchev–Trinajstić information content (AvgIpc) is 3.37. The molecule has 0 fully saturated rings. The number of hydrogen-bond acceptors (Lipinski definition) is 8. The van der Waals surface area contributed by atoms with Crippen molar-refractivity contribution < 1.29 is 33.0 Å². The van der Waals surface area contributed by atoms with Crippen molar-refractivity contribution in [3.63, 3.8) is 0 Å². The number of methoxy groups -OCH3 is 1. The second kappa shape index (κ2) is 11.4. The summed E-state index contributed by atoms with van der Waals surface area (Å²) in [5.74, 6) is 0.815. The van der Waals surface area contributed by atoms with E-state index in [9.17, 15) is 14.4 Å². The van der Waals surface area contributed by atoms with Gasteiger partial charge in [0.15, 0.2) is 24.7 Å². The van der Waals surface area contributed by atoms with E-state index in [0.29, 0.717) is 35.0 Å². The van der Waals surface area contributed by atoms with Crippen LogP contribution in [0, 0.1) is 0 Å². The first-order valence-electron chi connectivity index (χ1n) is 11.6. The molecule has 10 heteroatoms. The number of Topliss-reactive ketones (excluding diaryl/α,β-unsaturated/α-hetero) is 1. The van der Waals surface area contributed by atoms with Crippen LogP contribution in [0.2, 0.25) is 0 Å². The zero-order valence-corrected chi connectivity index (χ0v) is 20.1. The van der Waals surface area contributed by atoms with Crippen LogP contribution in [0.5, 0.6) is 17.2 Å². The molecule has 0 aliphatic carbocycles. The minimum atomic E-state index is -0.337. The molecule has 0 unspecified atom stereocenters. The maximum Gasteiger partial charge on any atom is 0.273 e. The molecule has 0 saturated heterocycles. The molecule has 2 heterocycles. The molecule has 0 saturated carbocycles. The topological polar surface area (TPSA) is 120 Å². The van der Waals surface area contributed by atoms with Gasteiger partial charge >= 0.3 is 0 Å². The highest BCUT2D eigenvalue weighted by molar-refractivity contribution is 6.02. The maximum absolute atomic E-state index is 12.8. The van der Waals surface area contributed by atoms with Crippen LogP contribution in [-0.2, 0) is 11.3 Å². The molecule has 10 nitrogen and oxygen atoms in total. The Kier molecular flexibility index (Phi) is 7.84. The number of rotatable bonds is 11. The van der Waals surface area contributed by atoms with Crippen LogP contribution in [0.25, 0.3) is 0 Å². The number of carbonyl (C=O) groups excluding carboxylic acids is 3. The molecule has 1 aliphatic heterocycles. The SMILES string of the molecule is CCCCNC(=O)c1coc(CN2C(=O)COc3ccc(C(=O)COc4cccc(OC)c4)cc32)n1. The van der Waals surface area contributed by atoms with Crippen LogP contribution in [0.1, 0.15) is 46.5 Å². The summed E-state index contributed by atoms with van der Waals surface area (Å²) in [5, 5.41) is 2.77. The first kappa shape index (κ1) is 24.8. The number of anilines is 1. The highest BCUT2D eigenvalue weighted by atomic mass is 16.5. The first-order valence-corrected chi connectivity index (χ1v) is 11.6. The van der Waals surface area contributed by atoms with Gasteiger partial charge in [-0.3, -0.25) is 19.3 Å². The smallest absolute Gasteiger partial charge is 0.273 e. The fourth-order valence-electron chi connectivity index (χ4n) is 3.56. The third kappa shape index (κ3) is 5.83. The van der Waals surface area contributed by atoms with Gasteiger partial charge in [-0.15, -0.1) is 0 Å². The van der Waals surface area contributed by atoms with Gasteiger partial charge < -0.3 is 23.9 Å². The summed E-state index contributed by atoms with van der Waals surface area (Å²) < 4.78 is 21.7. The molecular formula is C26H27N3O7. The van der Waals surface area contributed by atoms with E-state index in [1.165, 1.54) is 11.2 Å². The van der Waals surface area contributed by atoms with Crippen molar-refractivity contribution >= 4 is 23.3 Å². The van der Waals surface area contributed by atoms with E-state index >= 15 is 0 Å². The summed E-state index contributed by atoms with van der Waals surface area (Å²) >= 11 is 0. The summed E-state index contributed by atoms with van der Waals surface area (Å²) in [6, 6.07) is 11.8. The molecule has 4 rings (SSSR count). The van der Waals surface area contributed by atoms with E-state index in [-0.39, 0.29) is 48.9 Å². The number of aromatic nitrogens is 1. The molecule has 3 aromatic rings. The molecule has 0 spiro atoms. The van der Waals surface area contributed by atoms with E-state index < -0.39 is 0 Å². The number of unbranched alkanes of at least 4 members (excludes halogenated alkanes) is 1. The second-order valence-electron chi connectivity index (χ2n) is 8.08. The maximum atomic E-state index is 12.8. The standard InChI is InChI=1S/C26H27N3O7/c1-3-4-10-27-26(32)20-14-36-24(28-20)13-29-21-11-17(8-9-23(21)35-16-25(29)31)22(30)15-34-19-7-5-6-18(12-19)33-2/h5-9,11-12,14H,3-4,10,13,15-16H2,1-2H3,(H,27,32). The third-order valence-corrected chi connectivity index (χ3v) is 5.53. The number of ether oxygens (including phenoxy) is 3. The number of carbonyl (C=O) groups is 3. The molecule has 1 N–H and O–H groups in total. The van der Waals surface area contributed by atoms with E-state index in [4.69, 9.17) is 18.6 Å². The van der Waals surface area contributed by atoms with E-state index in [1.807, 2.05) is 6.92 Å². The Bertz CT molecular complexity index is 1250. The number of nitrogens with zero attached hydrogens (tertiary/aromatic N) is 2. The Morgan fingerprint density at radius 2 is 2.00 bits per heavy atom. The predicted molar refractivity (Wildman–Crippen MR) is 130 cm³/mol. The van der Waals surface area contributed by atoms with Gasteiger partial charge in [0.1, 0.15) is 30.1 Å². The van der Waals surface area contributed by atoms with Gasteiger partial charge in [0.2, 0.25) is 5.89 Å². The molecule has 2 aromatic carbocycles. The van der Waals surface area contributed by atoms with Crippen molar-refractivity contribution in [1.82, 2.24) is 10.3 Å². The van der Waals surface area contributed by atoms with Crippen LogP contribution in [0.15, 0.2) is 53.1 Å². The lowest BCUT2D eigenvalue weighted by Gasteiger charge is -2.28. The van der Waals surface area contributed by atoms with E-state index in [1.54, 1.807) is 49.6 Å². The zero-order chi connectivity index (χ0) is 25.5. The molecule has 1 aliphatic rings. The van der Waals surface area contributed by atoms with E-state index in [0.717, 1.165) is 12.8 Å². The fourth-order valence-corrected chi connectivity index (χ4v) is 3.56. The molecule has 36 heavy (non-hydrogen) atoms. The van der Waals surface area contributed by atoms with Gasteiger partial charge in [-0.25, -0.2) is 4.98 Å². The molecule has 188 valence electrons.